The number of rotatable bonds is 5. The molecule has 1 aromatic heterocycles. The van der Waals surface area contributed by atoms with Crippen LogP contribution in [0.15, 0.2) is 12.3 Å². The number of alkyl halides is 2. The SMILES string of the molecule is O=C(O)c1ccnc(OCC2CC2)c1N1CC(F)(F)C1. The molecule has 0 unspecified atom stereocenters. The predicted octanol–water partition coefficient (Wildman–Crippen LogP) is 2.02. The molecular formula is C13H14F2N2O3. The van der Waals surface area contributed by atoms with Crippen LogP contribution in [-0.2, 0) is 0 Å². The molecule has 3 rings (SSSR count). The third-order valence-corrected chi connectivity index (χ3v) is 3.43. The van der Waals surface area contributed by atoms with Gasteiger partial charge in [0, 0.05) is 6.20 Å². The van der Waals surface area contributed by atoms with Crippen LogP contribution >= 0.6 is 0 Å². The highest BCUT2D eigenvalue weighted by atomic mass is 19.3. The fourth-order valence-electron chi connectivity index (χ4n) is 2.17. The average Bonchev–Trinajstić information content (AvgIpc) is 3.16. The number of aromatic carboxylic acids is 1. The quantitative estimate of drug-likeness (QED) is 0.896. The van der Waals surface area contributed by atoms with Gasteiger partial charge in [-0.2, -0.15) is 0 Å². The number of hydrogen-bond acceptors (Lipinski definition) is 4. The summed E-state index contributed by atoms with van der Waals surface area (Å²) >= 11 is 0. The van der Waals surface area contributed by atoms with Gasteiger partial charge in [0.05, 0.1) is 25.3 Å². The first kappa shape index (κ1) is 13.1. The highest BCUT2D eigenvalue weighted by Crippen LogP contribution is 2.39. The lowest BCUT2D eigenvalue weighted by Gasteiger charge is -2.41. The number of carboxylic acid groups (broad SMARTS) is 1. The molecule has 7 heteroatoms. The summed E-state index contributed by atoms with van der Waals surface area (Å²) in [6, 6.07) is 1.30. The summed E-state index contributed by atoms with van der Waals surface area (Å²) in [7, 11) is 0. The molecule has 0 atom stereocenters. The van der Waals surface area contributed by atoms with Crippen LogP contribution in [0.1, 0.15) is 23.2 Å². The summed E-state index contributed by atoms with van der Waals surface area (Å²) < 4.78 is 31.5. The molecule has 1 N–H and O–H groups in total. The molecular weight excluding hydrogens is 270 g/mol. The van der Waals surface area contributed by atoms with Gasteiger partial charge in [-0.15, -0.1) is 0 Å². The smallest absolute Gasteiger partial charge is 0.338 e. The van der Waals surface area contributed by atoms with Crippen molar-refractivity contribution < 1.29 is 23.4 Å². The largest absolute Gasteiger partial charge is 0.478 e. The molecule has 1 aliphatic carbocycles. The van der Waals surface area contributed by atoms with E-state index in [2.05, 4.69) is 4.98 Å². The maximum atomic E-state index is 13.0. The second-order valence-electron chi connectivity index (χ2n) is 5.28. The number of carbonyl (C=O) groups is 1. The summed E-state index contributed by atoms with van der Waals surface area (Å²) in [5.41, 5.74) is 0.105. The first-order valence-corrected chi connectivity index (χ1v) is 6.44. The van der Waals surface area contributed by atoms with Crippen molar-refractivity contribution in [1.82, 2.24) is 4.98 Å². The molecule has 0 spiro atoms. The van der Waals surface area contributed by atoms with Crippen LogP contribution in [0.2, 0.25) is 0 Å². The summed E-state index contributed by atoms with van der Waals surface area (Å²) in [6.45, 7) is -0.551. The number of anilines is 1. The topological polar surface area (TPSA) is 62.7 Å². The van der Waals surface area contributed by atoms with Crippen molar-refractivity contribution >= 4 is 11.7 Å². The van der Waals surface area contributed by atoms with Crippen LogP contribution in [-0.4, -0.2) is 41.7 Å². The number of ether oxygens (including phenoxy) is 1. The van der Waals surface area contributed by atoms with E-state index in [1.807, 2.05) is 0 Å². The first-order valence-electron chi connectivity index (χ1n) is 6.44. The summed E-state index contributed by atoms with van der Waals surface area (Å²) in [4.78, 5) is 16.5. The molecule has 1 saturated heterocycles. The van der Waals surface area contributed by atoms with E-state index in [0.717, 1.165) is 12.8 Å². The van der Waals surface area contributed by atoms with Crippen molar-refractivity contribution in [3.05, 3.63) is 17.8 Å². The molecule has 0 radical (unpaired) electrons. The minimum atomic E-state index is -2.78. The zero-order valence-electron chi connectivity index (χ0n) is 10.7. The third kappa shape index (κ3) is 2.52. The van der Waals surface area contributed by atoms with Gasteiger partial charge in [0.1, 0.15) is 5.69 Å². The number of hydrogen-bond donors (Lipinski definition) is 1. The van der Waals surface area contributed by atoms with Crippen molar-refractivity contribution in [3.63, 3.8) is 0 Å². The first-order chi connectivity index (χ1) is 9.46. The number of halogens is 2. The Morgan fingerprint density at radius 1 is 1.50 bits per heavy atom. The van der Waals surface area contributed by atoms with Gasteiger partial charge in [-0.1, -0.05) is 0 Å². The van der Waals surface area contributed by atoms with Crippen molar-refractivity contribution in [2.24, 2.45) is 5.92 Å². The van der Waals surface area contributed by atoms with Crippen LogP contribution in [0.25, 0.3) is 0 Å². The van der Waals surface area contributed by atoms with Gasteiger partial charge in [0.15, 0.2) is 0 Å². The molecule has 0 bridgehead atoms. The van der Waals surface area contributed by atoms with Gasteiger partial charge in [0.25, 0.3) is 5.92 Å². The van der Waals surface area contributed by atoms with Gasteiger partial charge in [-0.05, 0) is 24.8 Å². The van der Waals surface area contributed by atoms with Gasteiger partial charge in [-0.3, -0.25) is 0 Å². The van der Waals surface area contributed by atoms with E-state index in [-0.39, 0.29) is 17.1 Å². The van der Waals surface area contributed by atoms with Crippen LogP contribution in [0.5, 0.6) is 5.88 Å². The van der Waals surface area contributed by atoms with Crippen LogP contribution in [0, 0.1) is 5.92 Å². The van der Waals surface area contributed by atoms with E-state index >= 15 is 0 Å². The summed E-state index contributed by atoms with van der Waals surface area (Å²) in [6.07, 6.45) is 3.48. The van der Waals surface area contributed by atoms with E-state index in [9.17, 15) is 18.7 Å². The minimum absolute atomic E-state index is 0.0544. The van der Waals surface area contributed by atoms with E-state index in [1.165, 1.54) is 17.2 Å². The molecule has 1 aromatic rings. The van der Waals surface area contributed by atoms with Gasteiger partial charge in [-0.25, -0.2) is 18.6 Å². The highest BCUT2D eigenvalue weighted by Gasteiger charge is 2.46. The van der Waals surface area contributed by atoms with Gasteiger partial charge >= 0.3 is 5.97 Å². The van der Waals surface area contributed by atoms with E-state index in [4.69, 9.17) is 4.74 Å². The minimum Gasteiger partial charge on any atom is -0.478 e. The zero-order chi connectivity index (χ0) is 14.3. The molecule has 1 saturated carbocycles. The molecule has 1 aliphatic heterocycles. The van der Waals surface area contributed by atoms with E-state index < -0.39 is 25.0 Å². The third-order valence-electron chi connectivity index (χ3n) is 3.43. The average molecular weight is 284 g/mol. The Hall–Kier alpha value is -1.92. The fourth-order valence-corrected chi connectivity index (χ4v) is 2.17. The van der Waals surface area contributed by atoms with Crippen LogP contribution in [0.3, 0.4) is 0 Å². The molecule has 2 fully saturated rings. The molecule has 2 heterocycles. The molecule has 5 nitrogen and oxygen atoms in total. The van der Waals surface area contributed by atoms with Crippen molar-refractivity contribution in [1.29, 1.82) is 0 Å². The van der Waals surface area contributed by atoms with Crippen molar-refractivity contribution in [3.8, 4) is 5.88 Å². The zero-order valence-corrected chi connectivity index (χ0v) is 10.7. The Morgan fingerprint density at radius 2 is 2.20 bits per heavy atom. The number of aromatic nitrogens is 1. The normalized spacial score (nSPS) is 20.4. The number of carboxylic acids is 1. The number of nitrogens with zero attached hydrogens (tertiary/aromatic N) is 2. The Kier molecular flexibility index (Phi) is 2.99. The molecule has 108 valence electrons. The monoisotopic (exact) mass is 284 g/mol. The second-order valence-corrected chi connectivity index (χ2v) is 5.28. The fraction of sp³-hybridized carbons (Fsp3) is 0.538. The Morgan fingerprint density at radius 3 is 2.75 bits per heavy atom. The summed E-state index contributed by atoms with van der Waals surface area (Å²) in [5, 5.41) is 9.18. The standard InChI is InChI=1S/C13H14F2N2O3/c14-13(15)6-17(7-13)10-9(12(18)19)3-4-16-11(10)20-5-8-1-2-8/h3-4,8H,1-2,5-7H2,(H,18,19). The summed E-state index contributed by atoms with van der Waals surface area (Å²) in [5.74, 6) is -3.35. The van der Waals surface area contributed by atoms with Crippen LogP contribution < -0.4 is 9.64 Å². The predicted molar refractivity (Wildman–Crippen MR) is 66.6 cm³/mol. The Bertz CT molecular complexity index is 538. The molecule has 2 aliphatic rings. The Balaban J connectivity index is 1.87. The molecule has 0 aromatic carbocycles. The van der Waals surface area contributed by atoms with Crippen LogP contribution in [0.4, 0.5) is 14.5 Å². The molecule has 20 heavy (non-hydrogen) atoms. The second kappa shape index (κ2) is 4.57. The lowest BCUT2D eigenvalue weighted by atomic mass is 10.1. The van der Waals surface area contributed by atoms with Crippen molar-refractivity contribution in [2.75, 3.05) is 24.6 Å². The van der Waals surface area contributed by atoms with Crippen molar-refractivity contribution in [2.45, 2.75) is 18.8 Å². The number of pyridine rings is 1. The highest BCUT2D eigenvalue weighted by molar-refractivity contribution is 5.96. The Labute approximate surface area is 114 Å². The van der Waals surface area contributed by atoms with Gasteiger partial charge < -0.3 is 14.7 Å². The van der Waals surface area contributed by atoms with Gasteiger partial charge in [0.2, 0.25) is 5.88 Å². The lowest BCUT2D eigenvalue weighted by Crippen LogP contribution is -2.56. The molecule has 0 amide bonds. The lowest BCUT2D eigenvalue weighted by molar-refractivity contribution is -0.0267. The van der Waals surface area contributed by atoms with E-state index in [1.54, 1.807) is 0 Å². The maximum absolute atomic E-state index is 13.0. The maximum Gasteiger partial charge on any atom is 0.338 e. The van der Waals surface area contributed by atoms with E-state index in [0.29, 0.717) is 12.5 Å².